The Labute approximate surface area is 69.3 Å². The second kappa shape index (κ2) is 3.37. The fraction of sp³-hybridized carbons (Fsp3) is 0.778. The summed E-state index contributed by atoms with van der Waals surface area (Å²) in [7, 11) is 0. The molecule has 0 aliphatic rings. The molecule has 2 heteroatoms. The summed E-state index contributed by atoms with van der Waals surface area (Å²) in [5.41, 5.74) is -0.989. The van der Waals surface area contributed by atoms with Gasteiger partial charge in [0.2, 0.25) is 0 Å². The molecule has 0 amide bonds. The number of rotatable bonds is 4. The Morgan fingerprint density at radius 2 is 1.82 bits per heavy atom. The fourth-order valence-electron chi connectivity index (χ4n) is 0.544. The Hall–Kier alpha value is -0.340. The molecule has 0 spiro atoms. The van der Waals surface area contributed by atoms with Crippen molar-refractivity contribution in [1.29, 1.82) is 0 Å². The molecule has 0 fully saturated rings. The Balaban J connectivity index is 4.10. The maximum atomic E-state index is 9.68. The van der Waals surface area contributed by atoms with Crippen molar-refractivity contribution in [2.75, 3.05) is 6.54 Å². The number of aliphatic hydroxyl groups is 1. The van der Waals surface area contributed by atoms with E-state index >= 15 is 0 Å². The van der Waals surface area contributed by atoms with Crippen LogP contribution in [0.15, 0.2) is 12.7 Å². The Morgan fingerprint density at radius 1 is 1.36 bits per heavy atom. The molecule has 0 bridgehead atoms. The van der Waals surface area contributed by atoms with Crippen LogP contribution in [0.25, 0.3) is 0 Å². The standard InChI is InChI=1S/C9H19NO/c1-6-7-10-8(2,3)9(4,5)11/h6,10-11H,1,7H2,2-5H3. The topological polar surface area (TPSA) is 32.3 Å². The maximum Gasteiger partial charge on any atom is 0.0767 e. The van der Waals surface area contributed by atoms with Crippen molar-refractivity contribution in [3.05, 3.63) is 12.7 Å². The van der Waals surface area contributed by atoms with Crippen molar-refractivity contribution < 1.29 is 5.11 Å². The van der Waals surface area contributed by atoms with Crippen molar-refractivity contribution in [2.24, 2.45) is 0 Å². The zero-order chi connectivity index (χ0) is 9.12. The Morgan fingerprint density at radius 3 is 2.09 bits per heavy atom. The maximum absolute atomic E-state index is 9.68. The van der Waals surface area contributed by atoms with Crippen LogP contribution in [0.2, 0.25) is 0 Å². The largest absolute Gasteiger partial charge is 0.389 e. The van der Waals surface area contributed by atoms with Gasteiger partial charge in [-0.1, -0.05) is 6.08 Å². The molecule has 0 aromatic carbocycles. The van der Waals surface area contributed by atoms with Crippen molar-refractivity contribution in [1.82, 2.24) is 5.32 Å². The molecule has 11 heavy (non-hydrogen) atoms. The molecule has 0 radical (unpaired) electrons. The monoisotopic (exact) mass is 157 g/mol. The van der Waals surface area contributed by atoms with E-state index in [9.17, 15) is 5.11 Å². The molecule has 0 aliphatic heterocycles. The SMILES string of the molecule is C=CCNC(C)(C)C(C)(C)O. The second-order valence-electron chi connectivity index (χ2n) is 3.85. The summed E-state index contributed by atoms with van der Waals surface area (Å²) in [6, 6.07) is 0. The molecule has 0 aromatic rings. The normalized spacial score (nSPS) is 13.2. The predicted octanol–water partition coefficient (Wildman–Crippen LogP) is 1.31. The van der Waals surface area contributed by atoms with Crippen LogP contribution in [-0.4, -0.2) is 22.8 Å². The molecular weight excluding hydrogens is 138 g/mol. The highest BCUT2D eigenvalue weighted by molar-refractivity contribution is 4.94. The van der Waals surface area contributed by atoms with Crippen molar-refractivity contribution >= 4 is 0 Å². The highest BCUT2D eigenvalue weighted by Gasteiger charge is 2.33. The van der Waals surface area contributed by atoms with Gasteiger partial charge in [0, 0.05) is 12.1 Å². The third kappa shape index (κ3) is 3.04. The summed E-state index contributed by atoms with van der Waals surface area (Å²) >= 11 is 0. The number of hydrogen-bond donors (Lipinski definition) is 2. The molecule has 0 atom stereocenters. The van der Waals surface area contributed by atoms with Gasteiger partial charge in [-0.25, -0.2) is 0 Å². The van der Waals surface area contributed by atoms with Gasteiger partial charge in [0.15, 0.2) is 0 Å². The molecule has 0 saturated heterocycles. The Bertz CT molecular complexity index is 133. The molecule has 0 aromatic heterocycles. The van der Waals surface area contributed by atoms with Crippen LogP contribution in [0.1, 0.15) is 27.7 Å². The van der Waals surface area contributed by atoms with E-state index in [1.165, 1.54) is 0 Å². The van der Waals surface area contributed by atoms with Crippen molar-refractivity contribution in [3.63, 3.8) is 0 Å². The first kappa shape index (κ1) is 10.7. The first-order chi connectivity index (χ1) is 4.81. The lowest BCUT2D eigenvalue weighted by Gasteiger charge is -2.37. The number of hydrogen-bond acceptors (Lipinski definition) is 2. The third-order valence-electron chi connectivity index (χ3n) is 2.22. The van der Waals surface area contributed by atoms with Gasteiger partial charge in [0.05, 0.1) is 5.60 Å². The van der Waals surface area contributed by atoms with Gasteiger partial charge in [-0.2, -0.15) is 0 Å². The fourth-order valence-corrected chi connectivity index (χ4v) is 0.544. The van der Waals surface area contributed by atoms with E-state index in [1.54, 1.807) is 19.9 Å². The second-order valence-corrected chi connectivity index (χ2v) is 3.85. The molecule has 2 nitrogen and oxygen atoms in total. The van der Waals surface area contributed by atoms with Crippen LogP contribution < -0.4 is 5.32 Å². The molecule has 2 N–H and O–H groups in total. The minimum Gasteiger partial charge on any atom is -0.389 e. The first-order valence-electron chi connectivity index (χ1n) is 3.89. The first-order valence-corrected chi connectivity index (χ1v) is 3.89. The molecule has 0 aliphatic carbocycles. The van der Waals surface area contributed by atoms with Crippen LogP contribution in [0.5, 0.6) is 0 Å². The zero-order valence-electron chi connectivity index (χ0n) is 7.94. The van der Waals surface area contributed by atoms with Gasteiger partial charge >= 0.3 is 0 Å². The van der Waals surface area contributed by atoms with Gasteiger partial charge in [-0.3, -0.25) is 0 Å². The van der Waals surface area contributed by atoms with Crippen LogP contribution >= 0.6 is 0 Å². The summed E-state index contributed by atoms with van der Waals surface area (Å²) in [6.45, 7) is 11.8. The van der Waals surface area contributed by atoms with E-state index in [0.717, 1.165) is 6.54 Å². The van der Waals surface area contributed by atoms with Gasteiger partial charge in [0.1, 0.15) is 0 Å². The molecule has 0 saturated carbocycles. The Kier molecular flexibility index (Phi) is 3.27. The van der Waals surface area contributed by atoms with Crippen molar-refractivity contribution in [2.45, 2.75) is 38.8 Å². The lowest BCUT2D eigenvalue weighted by molar-refractivity contribution is -0.00271. The molecule has 66 valence electrons. The van der Waals surface area contributed by atoms with Crippen LogP contribution in [-0.2, 0) is 0 Å². The van der Waals surface area contributed by atoms with E-state index < -0.39 is 5.60 Å². The lowest BCUT2D eigenvalue weighted by atomic mass is 9.86. The summed E-state index contributed by atoms with van der Waals surface area (Å²) in [6.07, 6.45) is 1.79. The van der Waals surface area contributed by atoms with E-state index in [-0.39, 0.29) is 5.54 Å². The van der Waals surface area contributed by atoms with E-state index in [1.807, 2.05) is 13.8 Å². The van der Waals surface area contributed by atoms with Crippen molar-refractivity contribution in [3.8, 4) is 0 Å². The van der Waals surface area contributed by atoms with E-state index in [2.05, 4.69) is 11.9 Å². The lowest BCUT2D eigenvalue weighted by Crippen LogP contribution is -2.55. The summed E-state index contributed by atoms with van der Waals surface area (Å²) < 4.78 is 0. The summed E-state index contributed by atoms with van der Waals surface area (Å²) in [5, 5.41) is 12.9. The highest BCUT2D eigenvalue weighted by atomic mass is 16.3. The van der Waals surface area contributed by atoms with Crippen LogP contribution in [0.4, 0.5) is 0 Å². The molecular formula is C9H19NO. The zero-order valence-corrected chi connectivity index (χ0v) is 7.94. The average Bonchev–Trinajstić information content (AvgIpc) is 1.81. The van der Waals surface area contributed by atoms with Gasteiger partial charge < -0.3 is 10.4 Å². The van der Waals surface area contributed by atoms with Crippen LogP contribution in [0.3, 0.4) is 0 Å². The number of nitrogens with one attached hydrogen (secondary N) is 1. The molecule has 0 heterocycles. The van der Waals surface area contributed by atoms with Gasteiger partial charge in [-0.15, -0.1) is 6.58 Å². The van der Waals surface area contributed by atoms with Gasteiger partial charge in [0.25, 0.3) is 0 Å². The minimum atomic E-state index is -0.712. The quantitative estimate of drug-likeness (QED) is 0.603. The predicted molar refractivity (Wildman–Crippen MR) is 48.6 cm³/mol. The summed E-state index contributed by atoms with van der Waals surface area (Å²) in [5.74, 6) is 0. The van der Waals surface area contributed by atoms with E-state index in [4.69, 9.17) is 0 Å². The van der Waals surface area contributed by atoms with Crippen LogP contribution in [0, 0.1) is 0 Å². The average molecular weight is 157 g/mol. The van der Waals surface area contributed by atoms with E-state index in [0.29, 0.717) is 0 Å². The molecule has 0 rings (SSSR count). The molecule has 0 unspecified atom stereocenters. The highest BCUT2D eigenvalue weighted by Crippen LogP contribution is 2.19. The minimum absolute atomic E-state index is 0.277. The van der Waals surface area contributed by atoms with Gasteiger partial charge in [-0.05, 0) is 27.7 Å². The third-order valence-corrected chi connectivity index (χ3v) is 2.22. The smallest absolute Gasteiger partial charge is 0.0767 e. The summed E-state index contributed by atoms with van der Waals surface area (Å²) in [4.78, 5) is 0.